The van der Waals surface area contributed by atoms with Crippen LogP contribution in [0.4, 0.5) is 0 Å². The first-order valence-electron chi connectivity index (χ1n) is 3.50. The van der Waals surface area contributed by atoms with Crippen LogP contribution in [0.25, 0.3) is 9.40 Å². The van der Waals surface area contributed by atoms with Crippen LogP contribution in [-0.4, -0.2) is 15.8 Å². The molecule has 0 radical (unpaired) electrons. The van der Waals surface area contributed by atoms with Crippen molar-refractivity contribution in [2.75, 3.05) is 0 Å². The van der Waals surface area contributed by atoms with Crippen LogP contribution in [0.15, 0.2) is 17.5 Å². The van der Waals surface area contributed by atoms with Gasteiger partial charge in [-0.2, -0.15) is 0 Å². The monoisotopic (exact) mass is 244 g/mol. The van der Waals surface area contributed by atoms with Gasteiger partial charge in [-0.15, -0.1) is 0 Å². The standard InChI is InChI=1S/C8H9AsS2/c1-9-5-6-4-8-7(11-6)2-3-10-8/h2-4,9H,5H2,1H3. The minimum atomic E-state index is 0.312. The molecule has 3 heteroatoms. The Morgan fingerprint density at radius 2 is 2.36 bits per heavy atom. The first kappa shape index (κ1) is 7.85. The molecule has 2 rings (SSSR count). The third-order valence-electron chi connectivity index (χ3n) is 1.54. The van der Waals surface area contributed by atoms with Gasteiger partial charge in [0.15, 0.2) is 0 Å². The molecule has 0 nitrogen and oxygen atoms in total. The molecule has 1 unspecified atom stereocenters. The molecule has 2 aromatic heterocycles. The van der Waals surface area contributed by atoms with Crippen LogP contribution < -0.4 is 0 Å². The zero-order valence-corrected chi connectivity index (χ0v) is 9.99. The van der Waals surface area contributed by atoms with Crippen molar-refractivity contribution in [3.63, 3.8) is 0 Å². The van der Waals surface area contributed by atoms with Gasteiger partial charge >= 0.3 is 81.1 Å². The summed E-state index contributed by atoms with van der Waals surface area (Å²) in [7, 11) is 0. The van der Waals surface area contributed by atoms with Crippen molar-refractivity contribution in [3.05, 3.63) is 22.4 Å². The van der Waals surface area contributed by atoms with Gasteiger partial charge in [-0.05, 0) is 0 Å². The quantitative estimate of drug-likeness (QED) is 0.712. The molecule has 1 atom stereocenters. The summed E-state index contributed by atoms with van der Waals surface area (Å²) in [6.07, 6.45) is 0. The molecule has 0 aromatic carbocycles. The molecule has 0 amide bonds. The van der Waals surface area contributed by atoms with E-state index < -0.39 is 0 Å². The maximum absolute atomic E-state index is 2.36. The van der Waals surface area contributed by atoms with Crippen LogP contribution in [0, 0.1) is 0 Å². The van der Waals surface area contributed by atoms with Crippen LogP contribution in [0.1, 0.15) is 4.88 Å². The topological polar surface area (TPSA) is 0 Å². The fraction of sp³-hybridized carbons (Fsp3) is 0.250. The number of thiophene rings is 2. The van der Waals surface area contributed by atoms with E-state index in [0.29, 0.717) is 15.8 Å². The van der Waals surface area contributed by atoms with Crippen LogP contribution >= 0.6 is 22.7 Å². The summed E-state index contributed by atoms with van der Waals surface area (Å²) < 4.78 is 2.95. The molecular formula is C8H9AsS2. The van der Waals surface area contributed by atoms with E-state index in [9.17, 15) is 0 Å². The normalized spacial score (nSPS) is 12.1. The Morgan fingerprint density at radius 1 is 1.45 bits per heavy atom. The molecule has 11 heavy (non-hydrogen) atoms. The van der Waals surface area contributed by atoms with Crippen molar-refractivity contribution in [2.45, 2.75) is 10.9 Å². The maximum atomic E-state index is 2.36. The van der Waals surface area contributed by atoms with E-state index in [1.165, 1.54) is 14.6 Å². The minimum absolute atomic E-state index is 0.312. The predicted octanol–water partition coefficient (Wildman–Crippen LogP) is 2.95. The first-order valence-corrected chi connectivity index (χ1v) is 8.78. The van der Waals surface area contributed by atoms with Crippen LogP contribution in [0.3, 0.4) is 0 Å². The Kier molecular flexibility index (Phi) is 2.35. The summed E-state index contributed by atoms with van der Waals surface area (Å²) in [4.78, 5) is 1.59. The van der Waals surface area contributed by atoms with E-state index in [2.05, 4.69) is 23.2 Å². The number of hydrogen-bond donors (Lipinski definition) is 0. The van der Waals surface area contributed by atoms with Crippen molar-refractivity contribution < 1.29 is 0 Å². The van der Waals surface area contributed by atoms with Gasteiger partial charge in [-0.1, -0.05) is 0 Å². The molecule has 0 saturated carbocycles. The summed E-state index contributed by atoms with van der Waals surface area (Å²) in [6.45, 7) is 0. The summed E-state index contributed by atoms with van der Waals surface area (Å²) in [6, 6.07) is 4.58. The number of hydrogen-bond acceptors (Lipinski definition) is 2. The van der Waals surface area contributed by atoms with Crippen LogP contribution in [0.2, 0.25) is 5.71 Å². The molecule has 58 valence electrons. The van der Waals surface area contributed by atoms with E-state index in [1.807, 2.05) is 22.7 Å². The van der Waals surface area contributed by atoms with Crippen molar-refractivity contribution in [1.29, 1.82) is 0 Å². The second-order valence-corrected chi connectivity index (χ2v) is 6.73. The average molecular weight is 244 g/mol. The van der Waals surface area contributed by atoms with E-state index in [4.69, 9.17) is 0 Å². The number of fused-ring (bicyclic) bond motifs is 1. The third kappa shape index (κ3) is 1.53. The van der Waals surface area contributed by atoms with Gasteiger partial charge in [0, 0.05) is 0 Å². The molecular weight excluding hydrogens is 235 g/mol. The molecule has 0 N–H and O–H groups in total. The molecule has 0 aliphatic rings. The molecule has 2 heterocycles. The second-order valence-electron chi connectivity index (χ2n) is 2.39. The van der Waals surface area contributed by atoms with Crippen LogP contribution in [0.5, 0.6) is 0 Å². The summed E-state index contributed by atoms with van der Waals surface area (Å²) in [5.74, 6) is 0. The van der Waals surface area contributed by atoms with Gasteiger partial charge in [-0.25, -0.2) is 0 Å². The molecule has 0 aliphatic heterocycles. The van der Waals surface area contributed by atoms with Gasteiger partial charge in [0.05, 0.1) is 0 Å². The molecule has 0 saturated heterocycles. The third-order valence-corrected chi connectivity index (χ3v) is 5.71. The Morgan fingerprint density at radius 3 is 3.09 bits per heavy atom. The van der Waals surface area contributed by atoms with E-state index in [1.54, 1.807) is 4.88 Å². The predicted molar refractivity (Wildman–Crippen MR) is 56.4 cm³/mol. The average Bonchev–Trinajstić information content (AvgIpc) is 2.46. The molecule has 0 spiro atoms. The van der Waals surface area contributed by atoms with E-state index in [-0.39, 0.29) is 0 Å². The van der Waals surface area contributed by atoms with Crippen molar-refractivity contribution in [3.8, 4) is 0 Å². The zero-order valence-electron chi connectivity index (χ0n) is 6.26. The van der Waals surface area contributed by atoms with Crippen molar-refractivity contribution in [1.82, 2.24) is 0 Å². The summed E-state index contributed by atoms with van der Waals surface area (Å²) in [5.41, 5.74) is 2.35. The fourth-order valence-electron chi connectivity index (χ4n) is 1.08. The molecule has 0 fully saturated rings. The Bertz CT molecular complexity index is 319. The van der Waals surface area contributed by atoms with Gasteiger partial charge in [0.25, 0.3) is 0 Å². The number of rotatable bonds is 2. The van der Waals surface area contributed by atoms with Crippen molar-refractivity contribution >= 4 is 47.8 Å². The SMILES string of the molecule is C[AsH]Cc1cc2sccc2s1. The Hall–Kier alpha value is 0.218. The molecule has 0 bridgehead atoms. The zero-order chi connectivity index (χ0) is 7.68. The molecule has 2 aromatic rings. The van der Waals surface area contributed by atoms with Crippen LogP contribution in [-0.2, 0) is 5.21 Å². The van der Waals surface area contributed by atoms with E-state index in [0.717, 1.165) is 0 Å². The first-order chi connectivity index (χ1) is 5.40. The van der Waals surface area contributed by atoms with Gasteiger partial charge < -0.3 is 0 Å². The van der Waals surface area contributed by atoms with Gasteiger partial charge in [0.1, 0.15) is 0 Å². The summed E-state index contributed by atoms with van der Waals surface area (Å²) >= 11 is 4.14. The van der Waals surface area contributed by atoms with Gasteiger partial charge in [0.2, 0.25) is 0 Å². The van der Waals surface area contributed by atoms with E-state index >= 15 is 0 Å². The second kappa shape index (κ2) is 3.30. The Labute approximate surface area is 80.9 Å². The van der Waals surface area contributed by atoms with Crippen molar-refractivity contribution in [2.24, 2.45) is 0 Å². The fourth-order valence-corrected chi connectivity index (χ4v) is 5.23. The van der Waals surface area contributed by atoms with Gasteiger partial charge in [-0.3, -0.25) is 0 Å². The summed E-state index contributed by atoms with van der Waals surface area (Å²) in [5, 5.41) is 3.54. The Balaban J connectivity index is 2.42. The molecule has 0 aliphatic carbocycles.